The highest BCUT2D eigenvalue weighted by atomic mass is 32.2. The average Bonchev–Trinajstić information content (AvgIpc) is 3.15. The van der Waals surface area contributed by atoms with Gasteiger partial charge in [-0.05, 0) is 35.9 Å². The molecule has 1 aliphatic rings. The first-order valence-electron chi connectivity index (χ1n) is 7.81. The molecule has 1 aliphatic heterocycles. The Labute approximate surface area is 149 Å². The van der Waals surface area contributed by atoms with Crippen LogP contribution in [0.15, 0.2) is 52.1 Å². The van der Waals surface area contributed by atoms with E-state index in [0.717, 1.165) is 28.4 Å². The summed E-state index contributed by atoms with van der Waals surface area (Å²) in [4.78, 5) is 0. The van der Waals surface area contributed by atoms with Gasteiger partial charge in [-0.2, -0.15) is 0 Å². The quantitative estimate of drug-likeness (QED) is 0.644. The molecular formula is C18H16N2O4S. The standard InChI is InChI=1S/C18H16N2O4S/c1-21-14-4-2-3-12(9-14)11-25-18-20-19-17(24-18)13-5-6-15-16(10-13)23-8-7-22-15/h2-6,9-10H,7-8,11H2,1H3. The summed E-state index contributed by atoms with van der Waals surface area (Å²) in [5.41, 5.74) is 1.94. The highest BCUT2D eigenvalue weighted by molar-refractivity contribution is 7.98. The Morgan fingerprint density at radius 1 is 1.04 bits per heavy atom. The summed E-state index contributed by atoms with van der Waals surface area (Å²) in [5, 5.41) is 8.75. The minimum Gasteiger partial charge on any atom is -0.497 e. The fourth-order valence-electron chi connectivity index (χ4n) is 2.47. The molecule has 25 heavy (non-hydrogen) atoms. The molecule has 0 amide bonds. The van der Waals surface area contributed by atoms with Gasteiger partial charge in [0, 0.05) is 11.3 Å². The summed E-state index contributed by atoms with van der Waals surface area (Å²) in [6, 6.07) is 13.5. The maximum atomic E-state index is 5.75. The molecule has 0 aliphatic carbocycles. The van der Waals surface area contributed by atoms with Crippen LogP contribution in [-0.4, -0.2) is 30.5 Å². The van der Waals surface area contributed by atoms with E-state index in [0.29, 0.717) is 30.1 Å². The van der Waals surface area contributed by atoms with E-state index in [9.17, 15) is 0 Å². The molecule has 0 saturated carbocycles. The van der Waals surface area contributed by atoms with Crippen LogP contribution < -0.4 is 14.2 Å². The van der Waals surface area contributed by atoms with Crippen LogP contribution in [0, 0.1) is 0 Å². The van der Waals surface area contributed by atoms with Crippen LogP contribution >= 0.6 is 11.8 Å². The van der Waals surface area contributed by atoms with Gasteiger partial charge in [0.05, 0.1) is 7.11 Å². The third-order valence-electron chi connectivity index (χ3n) is 3.69. The van der Waals surface area contributed by atoms with Gasteiger partial charge in [0.2, 0.25) is 5.89 Å². The molecular weight excluding hydrogens is 340 g/mol. The van der Waals surface area contributed by atoms with Crippen molar-refractivity contribution in [3.63, 3.8) is 0 Å². The Morgan fingerprint density at radius 2 is 1.92 bits per heavy atom. The number of fused-ring (bicyclic) bond motifs is 1. The zero-order chi connectivity index (χ0) is 17.1. The van der Waals surface area contributed by atoms with E-state index in [1.54, 1.807) is 7.11 Å². The van der Waals surface area contributed by atoms with Crippen molar-refractivity contribution in [2.75, 3.05) is 20.3 Å². The van der Waals surface area contributed by atoms with Gasteiger partial charge in [-0.3, -0.25) is 0 Å². The minimum atomic E-state index is 0.463. The SMILES string of the molecule is COc1cccc(CSc2nnc(-c3ccc4c(c3)OCCO4)o2)c1. The lowest BCUT2D eigenvalue weighted by molar-refractivity contribution is 0.171. The van der Waals surface area contributed by atoms with Crippen LogP contribution in [0.2, 0.25) is 0 Å². The van der Waals surface area contributed by atoms with Crippen molar-refractivity contribution in [1.82, 2.24) is 10.2 Å². The highest BCUT2D eigenvalue weighted by Crippen LogP contribution is 2.35. The zero-order valence-electron chi connectivity index (χ0n) is 13.6. The normalized spacial score (nSPS) is 12.8. The monoisotopic (exact) mass is 356 g/mol. The molecule has 6 nitrogen and oxygen atoms in total. The largest absolute Gasteiger partial charge is 0.497 e. The predicted octanol–water partition coefficient (Wildman–Crippen LogP) is 3.81. The van der Waals surface area contributed by atoms with Crippen molar-refractivity contribution in [2.45, 2.75) is 11.0 Å². The van der Waals surface area contributed by atoms with Gasteiger partial charge in [-0.25, -0.2) is 0 Å². The fraction of sp³-hybridized carbons (Fsp3) is 0.222. The molecule has 4 rings (SSSR count). The van der Waals surface area contributed by atoms with Crippen LogP contribution in [0.3, 0.4) is 0 Å². The number of benzene rings is 2. The van der Waals surface area contributed by atoms with Crippen molar-refractivity contribution in [3.8, 4) is 28.7 Å². The molecule has 0 fully saturated rings. The number of ether oxygens (including phenoxy) is 3. The lowest BCUT2D eigenvalue weighted by Gasteiger charge is -2.18. The lowest BCUT2D eigenvalue weighted by Crippen LogP contribution is -2.15. The topological polar surface area (TPSA) is 66.6 Å². The van der Waals surface area contributed by atoms with Crippen LogP contribution in [0.4, 0.5) is 0 Å². The van der Waals surface area contributed by atoms with E-state index in [-0.39, 0.29) is 0 Å². The number of aromatic nitrogens is 2. The number of nitrogens with zero attached hydrogens (tertiary/aromatic N) is 2. The summed E-state index contributed by atoms with van der Waals surface area (Å²) in [5.74, 6) is 3.46. The summed E-state index contributed by atoms with van der Waals surface area (Å²) in [6.07, 6.45) is 0. The van der Waals surface area contributed by atoms with Crippen LogP contribution in [0.5, 0.6) is 17.2 Å². The summed E-state index contributed by atoms with van der Waals surface area (Å²) in [7, 11) is 1.66. The van der Waals surface area contributed by atoms with Gasteiger partial charge in [0.1, 0.15) is 19.0 Å². The second-order valence-corrected chi connectivity index (χ2v) is 6.30. The molecule has 0 radical (unpaired) electrons. The van der Waals surface area contributed by atoms with E-state index < -0.39 is 0 Å². The second kappa shape index (κ2) is 7.06. The van der Waals surface area contributed by atoms with Crippen LogP contribution in [-0.2, 0) is 5.75 Å². The first kappa shape index (κ1) is 15.8. The van der Waals surface area contributed by atoms with E-state index >= 15 is 0 Å². The number of hydrogen-bond donors (Lipinski definition) is 0. The first-order valence-corrected chi connectivity index (χ1v) is 8.79. The molecule has 0 bridgehead atoms. The fourth-order valence-corrected chi connectivity index (χ4v) is 3.17. The van der Waals surface area contributed by atoms with E-state index in [2.05, 4.69) is 10.2 Å². The molecule has 1 aromatic heterocycles. The van der Waals surface area contributed by atoms with Crippen LogP contribution in [0.1, 0.15) is 5.56 Å². The van der Waals surface area contributed by atoms with Gasteiger partial charge in [-0.15, -0.1) is 10.2 Å². The van der Waals surface area contributed by atoms with Crippen molar-refractivity contribution < 1.29 is 18.6 Å². The third-order valence-corrected chi connectivity index (χ3v) is 4.58. The van der Waals surface area contributed by atoms with E-state index in [4.69, 9.17) is 18.6 Å². The Kier molecular flexibility index (Phi) is 4.47. The minimum absolute atomic E-state index is 0.463. The summed E-state index contributed by atoms with van der Waals surface area (Å²) >= 11 is 1.49. The molecule has 0 unspecified atom stereocenters. The number of rotatable bonds is 5. The molecule has 0 atom stereocenters. The summed E-state index contributed by atoms with van der Waals surface area (Å²) in [6.45, 7) is 1.11. The van der Waals surface area contributed by atoms with Gasteiger partial charge in [0.25, 0.3) is 5.22 Å². The number of methoxy groups -OCH3 is 1. The molecule has 0 N–H and O–H groups in total. The molecule has 0 spiro atoms. The van der Waals surface area contributed by atoms with Gasteiger partial charge >= 0.3 is 0 Å². The number of thioether (sulfide) groups is 1. The van der Waals surface area contributed by atoms with Gasteiger partial charge in [-0.1, -0.05) is 23.9 Å². The van der Waals surface area contributed by atoms with E-state index in [1.807, 2.05) is 42.5 Å². The zero-order valence-corrected chi connectivity index (χ0v) is 14.4. The summed E-state index contributed by atoms with van der Waals surface area (Å²) < 4.78 is 22.1. The third kappa shape index (κ3) is 3.56. The second-order valence-electron chi connectivity index (χ2n) is 5.37. The highest BCUT2D eigenvalue weighted by Gasteiger charge is 2.15. The van der Waals surface area contributed by atoms with Crippen molar-refractivity contribution in [1.29, 1.82) is 0 Å². The number of hydrogen-bond acceptors (Lipinski definition) is 7. The Balaban J connectivity index is 1.46. The molecule has 3 aromatic rings. The maximum absolute atomic E-state index is 5.75. The predicted molar refractivity (Wildman–Crippen MR) is 93.3 cm³/mol. The van der Waals surface area contributed by atoms with Crippen LogP contribution in [0.25, 0.3) is 11.5 Å². The molecule has 2 heterocycles. The maximum Gasteiger partial charge on any atom is 0.277 e. The van der Waals surface area contributed by atoms with Crippen molar-refractivity contribution in [3.05, 3.63) is 48.0 Å². The van der Waals surface area contributed by atoms with Crippen molar-refractivity contribution in [2.24, 2.45) is 0 Å². The molecule has 2 aromatic carbocycles. The Morgan fingerprint density at radius 3 is 2.80 bits per heavy atom. The molecule has 7 heteroatoms. The smallest absolute Gasteiger partial charge is 0.277 e. The Bertz CT molecular complexity index is 881. The average molecular weight is 356 g/mol. The van der Waals surface area contributed by atoms with Gasteiger partial charge in [0.15, 0.2) is 11.5 Å². The Hall–Kier alpha value is -2.67. The van der Waals surface area contributed by atoms with Crippen molar-refractivity contribution >= 4 is 11.8 Å². The van der Waals surface area contributed by atoms with E-state index in [1.165, 1.54) is 11.8 Å². The molecule has 0 saturated heterocycles. The van der Waals surface area contributed by atoms with Gasteiger partial charge < -0.3 is 18.6 Å². The molecule has 128 valence electrons. The first-order chi connectivity index (χ1) is 12.3. The lowest BCUT2D eigenvalue weighted by atomic mass is 10.2.